The standard InChI is InChI=1S/C20H13ClN2O/c21-14-11-9-13(10-12-14)20(24)23-22-19-17-7-3-1-5-15(17)16-6-2-4-8-18(16)19/h1-12H,(H,23,24). The average Bonchev–Trinajstić information content (AvgIpc) is 2.94. The molecule has 0 aliphatic heterocycles. The lowest BCUT2D eigenvalue weighted by Crippen LogP contribution is -2.19. The van der Waals surface area contributed by atoms with Crippen LogP contribution in [0, 0.1) is 0 Å². The van der Waals surface area contributed by atoms with Crippen molar-refractivity contribution >= 4 is 23.2 Å². The average molecular weight is 333 g/mol. The van der Waals surface area contributed by atoms with Gasteiger partial charge in [-0.2, -0.15) is 5.10 Å². The van der Waals surface area contributed by atoms with Crippen LogP contribution in [0.15, 0.2) is 77.9 Å². The van der Waals surface area contributed by atoms with Gasteiger partial charge in [-0.05, 0) is 35.4 Å². The Morgan fingerprint density at radius 2 is 1.25 bits per heavy atom. The number of rotatable bonds is 2. The molecular weight excluding hydrogens is 320 g/mol. The second-order valence-electron chi connectivity index (χ2n) is 5.50. The van der Waals surface area contributed by atoms with E-state index in [9.17, 15) is 4.79 Å². The zero-order valence-corrected chi connectivity index (χ0v) is 13.4. The normalized spacial score (nSPS) is 11.6. The fraction of sp³-hybridized carbons (Fsp3) is 0. The van der Waals surface area contributed by atoms with E-state index in [1.807, 2.05) is 36.4 Å². The monoisotopic (exact) mass is 332 g/mol. The van der Waals surface area contributed by atoms with Crippen LogP contribution in [-0.2, 0) is 0 Å². The van der Waals surface area contributed by atoms with Crippen LogP contribution in [0.4, 0.5) is 0 Å². The van der Waals surface area contributed by atoms with Crippen molar-refractivity contribution < 1.29 is 4.79 Å². The molecule has 0 bridgehead atoms. The molecule has 0 spiro atoms. The largest absolute Gasteiger partial charge is 0.271 e. The minimum Gasteiger partial charge on any atom is -0.267 e. The number of carbonyl (C=O) groups excluding carboxylic acids is 1. The second kappa shape index (κ2) is 5.95. The van der Waals surface area contributed by atoms with Crippen LogP contribution in [0.3, 0.4) is 0 Å². The summed E-state index contributed by atoms with van der Waals surface area (Å²) in [4.78, 5) is 12.3. The molecule has 3 nitrogen and oxygen atoms in total. The molecule has 1 amide bonds. The molecule has 1 aliphatic rings. The minimum absolute atomic E-state index is 0.263. The molecule has 4 rings (SSSR count). The van der Waals surface area contributed by atoms with Crippen LogP contribution in [0.25, 0.3) is 11.1 Å². The van der Waals surface area contributed by atoms with Crippen LogP contribution in [-0.4, -0.2) is 11.6 Å². The lowest BCUT2D eigenvalue weighted by atomic mass is 10.1. The third kappa shape index (κ3) is 2.49. The van der Waals surface area contributed by atoms with E-state index < -0.39 is 0 Å². The lowest BCUT2D eigenvalue weighted by Gasteiger charge is -2.04. The molecule has 0 fully saturated rings. The maximum Gasteiger partial charge on any atom is 0.271 e. The summed E-state index contributed by atoms with van der Waals surface area (Å²) in [6, 6.07) is 22.8. The Morgan fingerprint density at radius 3 is 1.79 bits per heavy atom. The number of benzene rings is 3. The lowest BCUT2D eigenvalue weighted by molar-refractivity contribution is 0.0955. The van der Waals surface area contributed by atoms with Crippen molar-refractivity contribution in [2.45, 2.75) is 0 Å². The highest BCUT2D eigenvalue weighted by atomic mass is 35.5. The van der Waals surface area contributed by atoms with Gasteiger partial charge in [0, 0.05) is 21.7 Å². The maximum atomic E-state index is 12.3. The van der Waals surface area contributed by atoms with E-state index in [0.29, 0.717) is 10.6 Å². The minimum atomic E-state index is -0.263. The van der Waals surface area contributed by atoms with Crippen molar-refractivity contribution in [1.29, 1.82) is 0 Å². The predicted octanol–water partition coefficient (Wildman–Crippen LogP) is 4.50. The van der Waals surface area contributed by atoms with Gasteiger partial charge in [0.2, 0.25) is 0 Å². The summed E-state index contributed by atoms with van der Waals surface area (Å²) >= 11 is 5.85. The van der Waals surface area contributed by atoms with E-state index in [2.05, 4.69) is 22.7 Å². The Hall–Kier alpha value is -2.91. The summed E-state index contributed by atoms with van der Waals surface area (Å²) in [5.41, 5.74) is 8.26. The van der Waals surface area contributed by atoms with Crippen LogP contribution in [0.1, 0.15) is 21.5 Å². The molecular formula is C20H13ClN2O. The summed E-state index contributed by atoms with van der Waals surface area (Å²) in [7, 11) is 0. The number of amides is 1. The first-order chi connectivity index (χ1) is 11.7. The number of carbonyl (C=O) groups is 1. The first-order valence-corrected chi connectivity index (χ1v) is 7.94. The Labute approximate surface area is 144 Å². The van der Waals surface area contributed by atoms with Crippen molar-refractivity contribution in [2.75, 3.05) is 0 Å². The molecule has 3 aromatic rings. The fourth-order valence-corrected chi connectivity index (χ4v) is 3.01. The molecule has 1 N–H and O–H groups in total. The Balaban J connectivity index is 1.70. The van der Waals surface area contributed by atoms with Gasteiger partial charge in [0.25, 0.3) is 5.91 Å². The number of nitrogens with zero attached hydrogens (tertiary/aromatic N) is 1. The molecule has 3 aromatic carbocycles. The first-order valence-electron chi connectivity index (χ1n) is 7.57. The number of fused-ring (bicyclic) bond motifs is 3. The summed E-state index contributed by atoms with van der Waals surface area (Å²) in [6.07, 6.45) is 0. The van der Waals surface area contributed by atoms with Gasteiger partial charge in [0.05, 0.1) is 5.71 Å². The highest BCUT2D eigenvalue weighted by Crippen LogP contribution is 2.36. The summed E-state index contributed by atoms with van der Waals surface area (Å²) in [5.74, 6) is -0.263. The quantitative estimate of drug-likeness (QED) is 0.539. The molecule has 4 heteroatoms. The predicted molar refractivity (Wildman–Crippen MR) is 96.4 cm³/mol. The molecule has 24 heavy (non-hydrogen) atoms. The molecule has 0 atom stereocenters. The van der Waals surface area contributed by atoms with Crippen molar-refractivity contribution in [3.8, 4) is 11.1 Å². The molecule has 0 radical (unpaired) electrons. The Morgan fingerprint density at radius 1 is 0.750 bits per heavy atom. The smallest absolute Gasteiger partial charge is 0.267 e. The summed E-state index contributed by atoms with van der Waals surface area (Å²) in [5, 5.41) is 4.98. The molecule has 0 heterocycles. The van der Waals surface area contributed by atoms with Gasteiger partial charge in [-0.15, -0.1) is 0 Å². The molecule has 0 unspecified atom stereocenters. The van der Waals surface area contributed by atoms with Crippen LogP contribution in [0.5, 0.6) is 0 Å². The summed E-state index contributed by atoms with van der Waals surface area (Å²) in [6.45, 7) is 0. The molecule has 1 aliphatic carbocycles. The van der Waals surface area contributed by atoms with Gasteiger partial charge < -0.3 is 0 Å². The van der Waals surface area contributed by atoms with Gasteiger partial charge in [0.1, 0.15) is 0 Å². The third-order valence-corrected chi connectivity index (χ3v) is 4.28. The van der Waals surface area contributed by atoms with Crippen LogP contribution < -0.4 is 5.43 Å². The van der Waals surface area contributed by atoms with E-state index in [0.717, 1.165) is 28.0 Å². The van der Waals surface area contributed by atoms with E-state index in [1.165, 1.54) is 0 Å². The number of hydrogen-bond donors (Lipinski definition) is 1. The van der Waals surface area contributed by atoms with Crippen molar-refractivity contribution in [1.82, 2.24) is 5.43 Å². The molecule has 0 saturated carbocycles. The number of halogens is 1. The zero-order valence-electron chi connectivity index (χ0n) is 12.7. The van der Waals surface area contributed by atoms with Gasteiger partial charge in [-0.3, -0.25) is 4.79 Å². The van der Waals surface area contributed by atoms with Gasteiger partial charge in [0.15, 0.2) is 0 Å². The third-order valence-electron chi connectivity index (χ3n) is 4.03. The van der Waals surface area contributed by atoms with Crippen molar-refractivity contribution in [2.24, 2.45) is 5.10 Å². The molecule has 116 valence electrons. The zero-order chi connectivity index (χ0) is 16.5. The van der Waals surface area contributed by atoms with E-state index >= 15 is 0 Å². The highest BCUT2D eigenvalue weighted by molar-refractivity contribution is 6.30. The highest BCUT2D eigenvalue weighted by Gasteiger charge is 2.24. The second-order valence-corrected chi connectivity index (χ2v) is 5.94. The van der Waals surface area contributed by atoms with Gasteiger partial charge >= 0.3 is 0 Å². The van der Waals surface area contributed by atoms with E-state index in [1.54, 1.807) is 24.3 Å². The van der Waals surface area contributed by atoms with E-state index in [-0.39, 0.29) is 5.91 Å². The summed E-state index contributed by atoms with van der Waals surface area (Å²) < 4.78 is 0. The van der Waals surface area contributed by atoms with Gasteiger partial charge in [-0.25, -0.2) is 5.43 Å². The first kappa shape index (κ1) is 14.7. The molecule has 0 aromatic heterocycles. The van der Waals surface area contributed by atoms with Crippen LogP contribution in [0.2, 0.25) is 5.02 Å². The maximum absolute atomic E-state index is 12.3. The topological polar surface area (TPSA) is 41.5 Å². The number of nitrogens with one attached hydrogen (secondary N) is 1. The van der Waals surface area contributed by atoms with E-state index in [4.69, 9.17) is 11.6 Å². The van der Waals surface area contributed by atoms with Crippen LogP contribution >= 0.6 is 11.6 Å². The fourth-order valence-electron chi connectivity index (χ4n) is 2.89. The SMILES string of the molecule is O=C(NN=C1c2ccccc2-c2ccccc21)c1ccc(Cl)cc1. The Kier molecular flexibility index (Phi) is 3.63. The number of hydrazone groups is 1. The molecule has 0 saturated heterocycles. The van der Waals surface area contributed by atoms with Crippen molar-refractivity contribution in [3.63, 3.8) is 0 Å². The van der Waals surface area contributed by atoms with Crippen molar-refractivity contribution in [3.05, 3.63) is 94.5 Å². The van der Waals surface area contributed by atoms with Gasteiger partial charge in [-0.1, -0.05) is 60.1 Å². The number of hydrogen-bond acceptors (Lipinski definition) is 2. The Bertz CT molecular complexity index is 914.